The number of aromatic nitrogens is 2. The highest BCUT2D eigenvalue weighted by atomic mass is 32.2. The Balaban J connectivity index is 2.09. The molecule has 0 saturated heterocycles. The van der Waals surface area contributed by atoms with Crippen LogP contribution in [0.15, 0.2) is 11.4 Å². The summed E-state index contributed by atoms with van der Waals surface area (Å²) in [5.41, 5.74) is 0.968. The summed E-state index contributed by atoms with van der Waals surface area (Å²) in [6.07, 6.45) is 7.79. The lowest BCUT2D eigenvalue weighted by Gasteiger charge is -2.14. The zero-order chi connectivity index (χ0) is 13.1. The highest BCUT2D eigenvalue weighted by molar-refractivity contribution is 7.99. The third-order valence-corrected chi connectivity index (χ3v) is 5.27. The summed E-state index contributed by atoms with van der Waals surface area (Å²) in [6.45, 7) is 1.96. The Hall–Kier alpha value is -0.620. The van der Waals surface area contributed by atoms with Crippen molar-refractivity contribution < 1.29 is 9.90 Å². The van der Waals surface area contributed by atoms with Gasteiger partial charge in [-0.25, -0.2) is 4.98 Å². The van der Waals surface area contributed by atoms with Crippen LogP contribution in [0.5, 0.6) is 0 Å². The van der Waals surface area contributed by atoms with Gasteiger partial charge >= 0.3 is 5.97 Å². The lowest BCUT2D eigenvalue weighted by molar-refractivity contribution is -0.133. The number of rotatable bonds is 5. The van der Waals surface area contributed by atoms with Crippen LogP contribution in [-0.2, 0) is 4.79 Å². The Labute approximate surface area is 116 Å². The summed E-state index contributed by atoms with van der Waals surface area (Å²) >= 11 is 3.24. The predicted octanol–water partition coefficient (Wildman–Crippen LogP) is 2.82. The Bertz CT molecular complexity index is 434. The minimum atomic E-state index is -0.791. The van der Waals surface area contributed by atoms with Crippen LogP contribution < -0.4 is 0 Å². The van der Waals surface area contributed by atoms with Gasteiger partial charge in [0.15, 0.2) is 5.16 Å². The molecule has 1 aliphatic carbocycles. The maximum atomic E-state index is 10.6. The van der Waals surface area contributed by atoms with Gasteiger partial charge in [0.1, 0.15) is 0 Å². The van der Waals surface area contributed by atoms with Gasteiger partial charge in [-0.15, -0.1) is 0 Å². The molecule has 6 heteroatoms. The van der Waals surface area contributed by atoms with Crippen LogP contribution in [0, 0.1) is 6.92 Å². The number of nitrogens with zero attached hydrogens (tertiary/aromatic N) is 2. The molecule has 1 N–H and O–H groups in total. The lowest BCUT2D eigenvalue weighted by atomic mass is 10.2. The van der Waals surface area contributed by atoms with Crippen molar-refractivity contribution in [3.63, 3.8) is 0 Å². The van der Waals surface area contributed by atoms with Gasteiger partial charge in [0.05, 0.1) is 11.4 Å². The molecule has 1 aromatic heterocycles. The van der Waals surface area contributed by atoms with Crippen molar-refractivity contribution in [2.45, 2.75) is 42.6 Å². The van der Waals surface area contributed by atoms with Gasteiger partial charge in [-0.3, -0.25) is 4.79 Å². The van der Waals surface area contributed by atoms with E-state index >= 15 is 0 Å². The number of thioether (sulfide) groups is 2. The minimum Gasteiger partial charge on any atom is -0.481 e. The smallest absolute Gasteiger partial charge is 0.313 e. The third kappa shape index (κ3) is 3.23. The van der Waals surface area contributed by atoms with Crippen LogP contribution in [0.25, 0.3) is 0 Å². The molecule has 1 saturated carbocycles. The Morgan fingerprint density at radius 1 is 1.61 bits per heavy atom. The van der Waals surface area contributed by atoms with Crippen molar-refractivity contribution in [1.82, 2.24) is 9.55 Å². The Kier molecular flexibility index (Phi) is 4.61. The average Bonchev–Trinajstić information content (AvgIpc) is 2.92. The molecule has 1 aliphatic rings. The first-order chi connectivity index (χ1) is 8.60. The largest absolute Gasteiger partial charge is 0.481 e. The lowest BCUT2D eigenvalue weighted by Crippen LogP contribution is -2.08. The summed E-state index contributed by atoms with van der Waals surface area (Å²) in [4.78, 5) is 15.1. The van der Waals surface area contributed by atoms with E-state index in [1.807, 2.05) is 18.7 Å². The van der Waals surface area contributed by atoms with Crippen molar-refractivity contribution in [3.8, 4) is 0 Å². The zero-order valence-corrected chi connectivity index (χ0v) is 12.3. The van der Waals surface area contributed by atoms with Crippen molar-refractivity contribution in [1.29, 1.82) is 0 Å². The summed E-state index contributed by atoms with van der Waals surface area (Å²) in [5.74, 6) is -0.713. The Morgan fingerprint density at radius 2 is 2.39 bits per heavy atom. The van der Waals surface area contributed by atoms with Crippen LogP contribution in [0.2, 0.25) is 0 Å². The van der Waals surface area contributed by atoms with E-state index in [2.05, 4.69) is 22.0 Å². The number of hydrogen-bond donors (Lipinski definition) is 1. The van der Waals surface area contributed by atoms with Gasteiger partial charge in [0.25, 0.3) is 0 Å². The second kappa shape index (κ2) is 6.02. The number of aryl methyl sites for hydroxylation is 1. The first-order valence-electron chi connectivity index (χ1n) is 6.03. The molecule has 100 valence electrons. The van der Waals surface area contributed by atoms with Crippen molar-refractivity contribution in [2.75, 3.05) is 12.0 Å². The molecular formula is C12H18N2O2S2. The van der Waals surface area contributed by atoms with E-state index in [1.165, 1.54) is 24.6 Å². The van der Waals surface area contributed by atoms with Gasteiger partial charge in [0.2, 0.25) is 0 Å². The highest BCUT2D eigenvalue weighted by Crippen LogP contribution is 2.38. The monoisotopic (exact) mass is 286 g/mol. The molecule has 0 aliphatic heterocycles. The predicted molar refractivity (Wildman–Crippen MR) is 75.5 cm³/mol. The van der Waals surface area contributed by atoms with Crippen LogP contribution in [0.3, 0.4) is 0 Å². The molecule has 2 atom stereocenters. The van der Waals surface area contributed by atoms with Crippen molar-refractivity contribution in [2.24, 2.45) is 0 Å². The molecule has 0 radical (unpaired) electrons. The number of hydrogen-bond acceptors (Lipinski definition) is 4. The van der Waals surface area contributed by atoms with Gasteiger partial charge in [-0.1, -0.05) is 11.8 Å². The van der Waals surface area contributed by atoms with Crippen LogP contribution in [0.4, 0.5) is 0 Å². The fourth-order valence-electron chi connectivity index (χ4n) is 2.37. The molecule has 1 aromatic rings. The van der Waals surface area contributed by atoms with E-state index in [-0.39, 0.29) is 5.75 Å². The summed E-state index contributed by atoms with van der Waals surface area (Å²) in [5, 5.41) is 10.3. The molecule has 2 rings (SSSR count). The summed E-state index contributed by atoms with van der Waals surface area (Å²) in [7, 11) is 0. The standard InChI is InChI=1S/C12H18N2O2S2/c1-8-6-14(9-3-4-10(5-9)17-2)12(13-8)18-7-11(15)16/h6,9-10H,3-5,7H2,1-2H3,(H,15,16). The van der Waals surface area contributed by atoms with Crippen LogP contribution in [0.1, 0.15) is 31.0 Å². The molecule has 1 fully saturated rings. The molecule has 2 unspecified atom stereocenters. The molecule has 0 aromatic carbocycles. The molecular weight excluding hydrogens is 268 g/mol. The molecule has 0 amide bonds. The number of imidazole rings is 1. The van der Waals surface area contributed by atoms with Crippen LogP contribution in [-0.4, -0.2) is 37.9 Å². The highest BCUT2D eigenvalue weighted by Gasteiger charge is 2.27. The summed E-state index contributed by atoms with van der Waals surface area (Å²) < 4.78 is 2.18. The third-order valence-electron chi connectivity index (χ3n) is 3.23. The minimum absolute atomic E-state index is 0.0785. The molecule has 0 spiro atoms. The maximum Gasteiger partial charge on any atom is 0.313 e. The molecule has 4 nitrogen and oxygen atoms in total. The normalized spacial score (nSPS) is 23.4. The average molecular weight is 286 g/mol. The van der Waals surface area contributed by atoms with E-state index in [0.29, 0.717) is 6.04 Å². The van der Waals surface area contributed by atoms with Crippen LogP contribution >= 0.6 is 23.5 Å². The first kappa shape index (κ1) is 13.8. The van der Waals surface area contributed by atoms with Gasteiger partial charge in [-0.05, 0) is 32.4 Å². The van der Waals surface area contributed by atoms with Crippen molar-refractivity contribution >= 4 is 29.5 Å². The molecule has 0 bridgehead atoms. The zero-order valence-electron chi connectivity index (χ0n) is 10.6. The van der Waals surface area contributed by atoms with Gasteiger partial charge in [-0.2, -0.15) is 11.8 Å². The SMILES string of the molecule is CSC1CCC(n2cc(C)nc2SCC(=O)O)C1. The second-order valence-corrected chi connectivity index (χ2v) is 6.66. The molecule has 1 heterocycles. The topological polar surface area (TPSA) is 55.1 Å². The second-order valence-electron chi connectivity index (χ2n) is 4.58. The van der Waals surface area contributed by atoms with Crippen molar-refractivity contribution in [3.05, 3.63) is 11.9 Å². The number of carboxylic acids is 1. The fourth-order valence-corrected chi connectivity index (χ4v) is 3.97. The number of aliphatic carboxylic acids is 1. The summed E-state index contributed by atoms with van der Waals surface area (Å²) in [6, 6.07) is 0.486. The fraction of sp³-hybridized carbons (Fsp3) is 0.667. The van der Waals surface area contributed by atoms with E-state index in [9.17, 15) is 4.79 Å². The van der Waals surface area contributed by atoms with E-state index in [4.69, 9.17) is 5.11 Å². The molecule has 18 heavy (non-hydrogen) atoms. The number of carbonyl (C=O) groups is 1. The maximum absolute atomic E-state index is 10.6. The van der Waals surface area contributed by atoms with Gasteiger partial charge in [0, 0.05) is 17.5 Å². The quantitative estimate of drug-likeness (QED) is 0.844. The van der Waals surface area contributed by atoms with Gasteiger partial charge < -0.3 is 9.67 Å². The van der Waals surface area contributed by atoms with E-state index in [1.54, 1.807) is 0 Å². The first-order valence-corrected chi connectivity index (χ1v) is 8.30. The van der Waals surface area contributed by atoms with E-state index < -0.39 is 5.97 Å². The number of carboxylic acid groups (broad SMARTS) is 1. The van der Waals surface area contributed by atoms with E-state index in [0.717, 1.165) is 22.5 Å². The Morgan fingerprint density at radius 3 is 3.00 bits per heavy atom.